The molecule has 1 unspecified atom stereocenters. The molecule has 1 aromatic carbocycles. The maximum absolute atomic E-state index is 13.9. The van der Waals surface area contributed by atoms with Gasteiger partial charge in [-0.05, 0) is 22.0 Å². The fourth-order valence-corrected chi connectivity index (χ4v) is 2.01. The summed E-state index contributed by atoms with van der Waals surface area (Å²) in [6, 6.07) is 2.65. The molecule has 0 aliphatic carbocycles. The molecule has 0 bridgehead atoms. The van der Waals surface area contributed by atoms with Crippen LogP contribution in [0.1, 0.15) is 17.3 Å². The minimum atomic E-state index is -0.623. The summed E-state index contributed by atoms with van der Waals surface area (Å²) in [6.07, 6.45) is 3.37. The molecule has 0 radical (unpaired) electrons. The van der Waals surface area contributed by atoms with Crippen molar-refractivity contribution in [2.75, 3.05) is 0 Å². The smallest absolute Gasteiger partial charge is 0.148 e. The van der Waals surface area contributed by atoms with Crippen molar-refractivity contribution < 1.29 is 4.39 Å². The second-order valence-electron chi connectivity index (χ2n) is 3.71. The lowest BCUT2D eigenvalue weighted by Crippen LogP contribution is -2.14. The van der Waals surface area contributed by atoms with E-state index in [4.69, 9.17) is 17.3 Å². The Labute approximate surface area is 112 Å². The van der Waals surface area contributed by atoms with Gasteiger partial charge in [-0.25, -0.2) is 9.37 Å². The van der Waals surface area contributed by atoms with E-state index < -0.39 is 11.9 Å². The minimum absolute atomic E-state index is 0.0360. The van der Waals surface area contributed by atoms with Crippen LogP contribution in [0, 0.1) is 5.82 Å². The first-order chi connectivity index (χ1) is 8.00. The summed E-state index contributed by atoms with van der Waals surface area (Å²) < 4.78 is 16.2. The average Bonchev–Trinajstić information content (AvgIpc) is 2.72. The highest BCUT2D eigenvalue weighted by molar-refractivity contribution is 9.10. The van der Waals surface area contributed by atoms with Crippen molar-refractivity contribution in [3.05, 3.63) is 51.2 Å². The van der Waals surface area contributed by atoms with Gasteiger partial charge in [0, 0.05) is 23.3 Å². The molecule has 0 amide bonds. The fourth-order valence-electron chi connectivity index (χ4n) is 1.53. The number of halogens is 3. The summed E-state index contributed by atoms with van der Waals surface area (Å²) in [5.41, 5.74) is 6.89. The third-order valence-corrected chi connectivity index (χ3v) is 3.70. The van der Waals surface area contributed by atoms with Crippen molar-refractivity contribution in [1.82, 2.24) is 9.55 Å². The molecule has 2 aromatic rings. The molecule has 0 spiro atoms. The zero-order valence-corrected chi connectivity index (χ0v) is 11.3. The number of nitrogens with two attached hydrogens (primary N) is 1. The number of benzene rings is 1. The van der Waals surface area contributed by atoms with Crippen LogP contribution in [-0.2, 0) is 7.05 Å². The Balaban J connectivity index is 2.44. The lowest BCUT2D eigenvalue weighted by atomic mass is 10.0. The van der Waals surface area contributed by atoms with Gasteiger partial charge in [0.2, 0.25) is 0 Å². The van der Waals surface area contributed by atoms with E-state index in [1.807, 2.05) is 7.05 Å². The third kappa shape index (κ3) is 2.36. The van der Waals surface area contributed by atoms with Crippen LogP contribution in [0.25, 0.3) is 0 Å². The minimum Gasteiger partial charge on any atom is -0.340 e. The standard InChI is InChI=1S/C11H10BrClFN3/c1-17-4-8(16-5-17)11(15)6-2-3-7(12)9(13)10(6)14/h2-5,11H,15H2,1H3. The predicted octanol–water partition coefficient (Wildman–Crippen LogP) is 3.02. The Bertz CT molecular complexity index is 556. The SMILES string of the molecule is Cn1cnc(C(N)c2ccc(Br)c(Cl)c2F)c1. The van der Waals surface area contributed by atoms with Crippen molar-refractivity contribution in [3.63, 3.8) is 0 Å². The van der Waals surface area contributed by atoms with Crippen molar-refractivity contribution >= 4 is 27.5 Å². The van der Waals surface area contributed by atoms with Crippen LogP contribution < -0.4 is 5.73 Å². The fraction of sp³-hybridized carbons (Fsp3) is 0.182. The molecule has 6 heteroatoms. The first kappa shape index (κ1) is 12.5. The molecule has 2 N–H and O–H groups in total. The summed E-state index contributed by atoms with van der Waals surface area (Å²) >= 11 is 8.97. The molecule has 2 rings (SSSR count). The number of hydrogen-bond acceptors (Lipinski definition) is 2. The number of imidazole rings is 1. The van der Waals surface area contributed by atoms with Gasteiger partial charge in [0.25, 0.3) is 0 Å². The van der Waals surface area contributed by atoms with Crippen molar-refractivity contribution in [1.29, 1.82) is 0 Å². The monoisotopic (exact) mass is 317 g/mol. The molecule has 1 atom stereocenters. The maximum Gasteiger partial charge on any atom is 0.148 e. The van der Waals surface area contributed by atoms with E-state index in [1.54, 1.807) is 29.2 Å². The van der Waals surface area contributed by atoms with Crippen LogP contribution in [0.2, 0.25) is 5.02 Å². The van der Waals surface area contributed by atoms with Gasteiger partial charge in [0.05, 0.1) is 23.1 Å². The molecule has 0 saturated heterocycles. The average molecular weight is 319 g/mol. The quantitative estimate of drug-likeness (QED) is 0.865. The van der Waals surface area contributed by atoms with E-state index in [2.05, 4.69) is 20.9 Å². The molecule has 0 fully saturated rings. The highest BCUT2D eigenvalue weighted by Gasteiger charge is 2.19. The lowest BCUT2D eigenvalue weighted by molar-refractivity contribution is 0.597. The van der Waals surface area contributed by atoms with Crippen LogP contribution in [0.3, 0.4) is 0 Å². The normalized spacial score (nSPS) is 12.8. The molecule has 0 saturated carbocycles. The van der Waals surface area contributed by atoms with E-state index in [9.17, 15) is 4.39 Å². The highest BCUT2D eigenvalue weighted by Crippen LogP contribution is 2.31. The summed E-state index contributed by atoms with van der Waals surface area (Å²) in [7, 11) is 1.83. The van der Waals surface area contributed by atoms with Crippen LogP contribution in [0.5, 0.6) is 0 Å². The van der Waals surface area contributed by atoms with E-state index in [1.165, 1.54) is 0 Å². The first-order valence-corrected chi connectivity index (χ1v) is 6.04. The molecule has 1 aromatic heterocycles. The number of aromatic nitrogens is 2. The Hall–Kier alpha value is -0.910. The molecule has 1 heterocycles. The van der Waals surface area contributed by atoms with Gasteiger partial charge < -0.3 is 10.3 Å². The van der Waals surface area contributed by atoms with Crippen molar-refractivity contribution in [3.8, 4) is 0 Å². The molecule has 3 nitrogen and oxygen atoms in total. The van der Waals surface area contributed by atoms with Crippen molar-refractivity contribution in [2.45, 2.75) is 6.04 Å². The van der Waals surface area contributed by atoms with Gasteiger partial charge in [-0.15, -0.1) is 0 Å². The molecule has 90 valence electrons. The Morgan fingerprint density at radius 3 is 2.82 bits per heavy atom. The third-order valence-electron chi connectivity index (χ3n) is 2.44. The molecular weight excluding hydrogens is 308 g/mol. The molecule has 0 aliphatic heterocycles. The summed E-state index contributed by atoms with van der Waals surface area (Å²) in [6.45, 7) is 0. The second-order valence-corrected chi connectivity index (χ2v) is 4.94. The van der Waals surface area contributed by atoms with Gasteiger partial charge >= 0.3 is 0 Å². The number of hydrogen-bond donors (Lipinski definition) is 1. The number of nitrogens with zero attached hydrogens (tertiary/aromatic N) is 2. The first-order valence-electron chi connectivity index (χ1n) is 4.87. The van der Waals surface area contributed by atoms with E-state index in [-0.39, 0.29) is 5.02 Å². The predicted molar refractivity (Wildman–Crippen MR) is 68.3 cm³/mol. The van der Waals surface area contributed by atoms with Gasteiger partial charge in [0.15, 0.2) is 0 Å². The van der Waals surface area contributed by atoms with Crippen LogP contribution in [-0.4, -0.2) is 9.55 Å². The Morgan fingerprint density at radius 2 is 2.24 bits per heavy atom. The molecule has 0 aliphatic rings. The van der Waals surface area contributed by atoms with Gasteiger partial charge in [-0.3, -0.25) is 0 Å². The Morgan fingerprint density at radius 1 is 1.53 bits per heavy atom. The highest BCUT2D eigenvalue weighted by atomic mass is 79.9. The van der Waals surface area contributed by atoms with Crippen molar-refractivity contribution in [2.24, 2.45) is 12.8 Å². The second kappa shape index (κ2) is 4.76. The molecular formula is C11H10BrClFN3. The maximum atomic E-state index is 13.9. The molecule has 17 heavy (non-hydrogen) atoms. The van der Waals surface area contributed by atoms with Crippen LogP contribution >= 0.6 is 27.5 Å². The lowest BCUT2D eigenvalue weighted by Gasteiger charge is -2.12. The summed E-state index contributed by atoms with van der Waals surface area (Å²) in [4.78, 5) is 4.10. The largest absolute Gasteiger partial charge is 0.340 e. The summed E-state index contributed by atoms with van der Waals surface area (Å²) in [5, 5.41) is 0.0360. The van der Waals surface area contributed by atoms with Crippen LogP contribution in [0.4, 0.5) is 4.39 Å². The van der Waals surface area contributed by atoms with E-state index in [0.29, 0.717) is 15.7 Å². The van der Waals surface area contributed by atoms with Gasteiger partial charge in [0.1, 0.15) is 5.82 Å². The van der Waals surface area contributed by atoms with E-state index >= 15 is 0 Å². The van der Waals surface area contributed by atoms with Crippen LogP contribution in [0.15, 0.2) is 29.1 Å². The topological polar surface area (TPSA) is 43.8 Å². The van der Waals surface area contributed by atoms with Gasteiger partial charge in [-0.1, -0.05) is 17.7 Å². The number of aryl methyl sites for hydroxylation is 1. The van der Waals surface area contributed by atoms with E-state index in [0.717, 1.165) is 0 Å². The number of rotatable bonds is 2. The zero-order chi connectivity index (χ0) is 12.6. The zero-order valence-electron chi connectivity index (χ0n) is 8.99. The van der Waals surface area contributed by atoms with Gasteiger partial charge in [-0.2, -0.15) is 0 Å². The summed E-state index contributed by atoms with van der Waals surface area (Å²) in [5.74, 6) is -0.515. The Kier molecular flexibility index (Phi) is 3.51.